The van der Waals surface area contributed by atoms with Crippen molar-refractivity contribution in [3.05, 3.63) is 63.8 Å². The third-order valence-corrected chi connectivity index (χ3v) is 7.29. The van der Waals surface area contributed by atoms with E-state index in [1.165, 1.54) is 41.3 Å². The summed E-state index contributed by atoms with van der Waals surface area (Å²) in [7, 11) is 2.92. The number of aromatic amines is 1. The Balaban J connectivity index is 1.72. The molecule has 3 aromatic heterocycles. The predicted molar refractivity (Wildman–Crippen MR) is 139 cm³/mol. The number of nitrogens with one attached hydrogen (secondary N) is 1. The average Bonchev–Trinajstić information content (AvgIpc) is 3.59. The van der Waals surface area contributed by atoms with Crippen LogP contribution in [0.25, 0.3) is 21.8 Å². The molecule has 0 fully saturated rings. The minimum atomic E-state index is -0.484. The van der Waals surface area contributed by atoms with Gasteiger partial charge in [0.25, 0.3) is 0 Å². The predicted octanol–water partition coefficient (Wildman–Crippen LogP) is 4.89. The highest BCUT2D eigenvalue weighted by molar-refractivity contribution is 7.98. The van der Waals surface area contributed by atoms with Crippen molar-refractivity contribution in [3.63, 3.8) is 0 Å². The Morgan fingerprint density at radius 1 is 1.19 bits per heavy atom. The molecule has 0 radical (unpaired) electrons. The van der Waals surface area contributed by atoms with Crippen molar-refractivity contribution >= 4 is 46.5 Å². The lowest BCUT2D eigenvalue weighted by atomic mass is 10.0. The van der Waals surface area contributed by atoms with Crippen molar-refractivity contribution in [1.82, 2.24) is 20.2 Å². The number of carbonyl (C=O) groups is 1. The number of H-pyrrole nitrogens is 1. The first kappa shape index (κ1) is 25.2. The summed E-state index contributed by atoms with van der Waals surface area (Å²) in [6.07, 6.45) is 1.54. The molecule has 0 unspecified atom stereocenters. The average molecular weight is 536 g/mol. The summed E-state index contributed by atoms with van der Waals surface area (Å²) in [6.45, 7) is -0.118. The molecule has 1 aromatic carbocycles. The zero-order chi connectivity index (χ0) is 25.7. The van der Waals surface area contributed by atoms with Gasteiger partial charge in [-0.3, -0.25) is 9.89 Å². The second-order valence-electron chi connectivity index (χ2n) is 7.43. The number of likely N-dealkylation sites (N-methyl/N-ethyl adjacent to an activating group) is 1. The molecule has 0 aliphatic rings. The van der Waals surface area contributed by atoms with Gasteiger partial charge in [0.05, 0.1) is 24.1 Å². The highest BCUT2D eigenvalue weighted by atomic mass is 35.5. The molecule has 36 heavy (non-hydrogen) atoms. The van der Waals surface area contributed by atoms with Gasteiger partial charge in [0, 0.05) is 40.5 Å². The zero-order valence-corrected chi connectivity index (χ0v) is 21.5. The number of hydrogen-bond donors (Lipinski definition) is 1. The van der Waals surface area contributed by atoms with E-state index in [0.29, 0.717) is 27.1 Å². The van der Waals surface area contributed by atoms with Crippen LogP contribution in [0.2, 0.25) is 5.02 Å². The Hall–Kier alpha value is -3.90. The van der Waals surface area contributed by atoms with Gasteiger partial charge in [0.1, 0.15) is 40.1 Å². The molecule has 4 aromatic rings. The second kappa shape index (κ2) is 11.2. The number of nitriles is 2. The Labute approximate surface area is 220 Å². The second-order valence-corrected chi connectivity index (χ2v) is 9.69. The van der Waals surface area contributed by atoms with Crippen LogP contribution >= 0.6 is 34.7 Å². The van der Waals surface area contributed by atoms with Crippen LogP contribution in [0.1, 0.15) is 16.8 Å². The van der Waals surface area contributed by atoms with Crippen LogP contribution < -0.4 is 4.90 Å². The minimum absolute atomic E-state index is 0.118. The largest absolute Gasteiger partial charge is 0.468 e. The van der Waals surface area contributed by atoms with Gasteiger partial charge in [0.2, 0.25) is 0 Å². The van der Waals surface area contributed by atoms with Crippen molar-refractivity contribution in [2.75, 3.05) is 25.6 Å². The van der Waals surface area contributed by atoms with Crippen LogP contribution in [-0.4, -0.2) is 46.8 Å². The van der Waals surface area contributed by atoms with Crippen molar-refractivity contribution < 1.29 is 9.53 Å². The van der Waals surface area contributed by atoms with E-state index in [1.54, 1.807) is 13.1 Å². The number of thiazole rings is 1. The van der Waals surface area contributed by atoms with E-state index in [4.69, 9.17) is 21.3 Å². The van der Waals surface area contributed by atoms with E-state index >= 15 is 0 Å². The first-order valence-electron chi connectivity index (χ1n) is 10.4. The van der Waals surface area contributed by atoms with Crippen LogP contribution in [0.4, 0.5) is 5.82 Å². The molecule has 1 N–H and O–H groups in total. The maximum absolute atomic E-state index is 11.9. The Morgan fingerprint density at radius 2 is 1.94 bits per heavy atom. The van der Waals surface area contributed by atoms with Gasteiger partial charge >= 0.3 is 5.97 Å². The minimum Gasteiger partial charge on any atom is -0.468 e. The topological polar surface area (TPSA) is 132 Å². The summed E-state index contributed by atoms with van der Waals surface area (Å²) in [5.41, 5.74) is 3.05. The monoisotopic (exact) mass is 535 g/mol. The molecule has 0 amide bonds. The summed E-state index contributed by atoms with van der Waals surface area (Å²) in [4.78, 5) is 22.8. The number of thioether (sulfide) groups is 1. The fourth-order valence-corrected chi connectivity index (χ4v) is 5.31. The molecule has 4 rings (SSSR count). The maximum Gasteiger partial charge on any atom is 0.325 e. The summed E-state index contributed by atoms with van der Waals surface area (Å²) in [5.74, 6) is 0.219. The summed E-state index contributed by atoms with van der Waals surface area (Å²) < 4.78 is 4.76. The lowest BCUT2D eigenvalue weighted by molar-refractivity contribution is -0.138. The summed E-state index contributed by atoms with van der Waals surface area (Å²) >= 11 is 8.82. The van der Waals surface area contributed by atoms with Gasteiger partial charge < -0.3 is 9.64 Å². The third-order valence-electron chi connectivity index (χ3n) is 5.09. The van der Waals surface area contributed by atoms with E-state index in [9.17, 15) is 15.3 Å². The number of ether oxygens (including phenoxy) is 1. The molecular formula is C24H18ClN7O2S2. The fraction of sp³-hybridized carbons (Fsp3) is 0.167. The van der Waals surface area contributed by atoms with Crippen LogP contribution in [0.5, 0.6) is 0 Å². The molecule has 0 bridgehead atoms. The van der Waals surface area contributed by atoms with E-state index < -0.39 is 5.97 Å². The number of hydrogen-bond acceptors (Lipinski definition) is 10. The number of nitrogens with zero attached hydrogens (tertiary/aromatic N) is 6. The summed E-state index contributed by atoms with van der Waals surface area (Å²) in [5, 5.41) is 30.7. The van der Waals surface area contributed by atoms with Crippen molar-refractivity contribution in [1.29, 1.82) is 10.5 Å². The number of methoxy groups -OCH3 is 1. The lowest BCUT2D eigenvalue weighted by Gasteiger charge is -2.21. The molecular weight excluding hydrogens is 518 g/mol. The van der Waals surface area contributed by atoms with E-state index in [0.717, 1.165) is 16.3 Å². The number of aromatic nitrogens is 4. The van der Waals surface area contributed by atoms with E-state index in [2.05, 4.69) is 27.3 Å². The highest BCUT2D eigenvalue weighted by Crippen LogP contribution is 2.38. The van der Waals surface area contributed by atoms with E-state index in [-0.39, 0.29) is 23.5 Å². The number of carbonyl (C=O) groups excluding carboxylic acids is 1. The molecule has 9 nitrogen and oxygen atoms in total. The van der Waals surface area contributed by atoms with Crippen LogP contribution in [0.15, 0.2) is 46.9 Å². The molecule has 12 heteroatoms. The van der Waals surface area contributed by atoms with Crippen LogP contribution in [0.3, 0.4) is 0 Å². The normalized spacial score (nSPS) is 10.5. The van der Waals surface area contributed by atoms with Gasteiger partial charge in [-0.2, -0.15) is 15.6 Å². The highest BCUT2D eigenvalue weighted by Gasteiger charge is 2.25. The molecule has 0 atom stereocenters. The van der Waals surface area contributed by atoms with Crippen LogP contribution in [-0.2, 0) is 15.3 Å². The van der Waals surface area contributed by atoms with Gasteiger partial charge in [-0.25, -0.2) is 9.97 Å². The first-order valence-corrected chi connectivity index (χ1v) is 12.7. The molecule has 0 saturated heterocycles. The Bertz CT molecular complexity index is 1470. The first-order chi connectivity index (χ1) is 17.4. The molecule has 0 saturated carbocycles. The van der Waals surface area contributed by atoms with Crippen LogP contribution in [0, 0.1) is 22.7 Å². The molecule has 180 valence electrons. The molecule has 3 heterocycles. The van der Waals surface area contributed by atoms with Gasteiger partial charge in [-0.1, -0.05) is 35.5 Å². The summed E-state index contributed by atoms with van der Waals surface area (Å²) in [6, 6.07) is 13.5. The number of halogens is 1. The zero-order valence-electron chi connectivity index (χ0n) is 19.1. The number of pyridine rings is 1. The van der Waals surface area contributed by atoms with Crippen molar-refractivity contribution in [2.24, 2.45) is 0 Å². The Morgan fingerprint density at radius 3 is 2.58 bits per heavy atom. The van der Waals surface area contributed by atoms with Gasteiger partial charge in [-0.05, 0) is 18.2 Å². The standard InChI is InChI=1S/C24H18ClN7O2S2/c1-32(11-20(33)34-2)22-17(9-26)21(19-7-8-28-31-19)18(10-27)24(30-22)36-13-16-12-35-23(29-16)14-3-5-15(25)6-4-14/h3-8,12H,11,13H2,1-2H3,(H,28,31). The number of benzene rings is 1. The molecule has 0 aliphatic carbocycles. The quantitative estimate of drug-likeness (QED) is 0.247. The SMILES string of the molecule is COC(=O)CN(C)c1nc(SCc2csc(-c3ccc(Cl)cc3)n2)c(C#N)c(-c2ccn[nH]2)c1C#N. The van der Waals surface area contributed by atoms with Crippen molar-refractivity contribution in [2.45, 2.75) is 10.8 Å². The molecule has 0 aliphatic heterocycles. The fourth-order valence-electron chi connectivity index (χ4n) is 3.38. The lowest BCUT2D eigenvalue weighted by Crippen LogP contribution is -2.28. The van der Waals surface area contributed by atoms with Gasteiger partial charge in [-0.15, -0.1) is 11.3 Å². The van der Waals surface area contributed by atoms with E-state index in [1.807, 2.05) is 29.6 Å². The Kier molecular flexibility index (Phi) is 7.86. The van der Waals surface area contributed by atoms with Gasteiger partial charge in [0.15, 0.2) is 0 Å². The van der Waals surface area contributed by atoms with Crippen molar-refractivity contribution in [3.8, 4) is 34.0 Å². The third kappa shape index (κ3) is 5.34. The number of esters is 1. The smallest absolute Gasteiger partial charge is 0.325 e. The number of anilines is 1. The number of rotatable bonds is 8. The molecule has 0 spiro atoms. The maximum atomic E-state index is 11.9.